The molecule has 2 atom stereocenters. The first-order valence-electron chi connectivity index (χ1n) is 10.4. The third-order valence-corrected chi connectivity index (χ3v) is 6.34. The molecule has 0 aliphatic carbocycles. The minimum atomic E-state index is -0.763. The van der Waals surface area contributed by atoms with Crippen molar-refractivity contribution in [3.8, 4) is 11.5 Å². The van der Waals surface area contributed by atoms with Crippen LogP contribution < -0.4 is 15.2 Å². The van der Waals surface area contributed by atoms with Gasteiger partial charge in [-0.1, -0.05) is 24.3 Å². The van der Waals surface area contributed by atoms with Crippen LogP contribution in [0.3, 0.4) is 0 Å². The molecule has 3 heterocycles. The summed E-state index contributed by atoms with van der Waals surface area (Å²) in [6.07, 6.45) is 2.55. The lowest BCUT2D eigenvalue weighted by atomic mass is 9.92. The van der Waals surface area contributed by atoms with Crippen molar-refractivity contribution < 1.29 is 14.3 Å². The maximum Gasteiger partial charge on any atom is 0.326 e. The van der Waals surface area contributed by atoms with Gasteiger partial charge in [0.15, 0.2) is 17.1 Å². The van der Waals surface area contributed by atoms with Crippen molar-refractivity contribution in [3.63, 3.8) is 0 Å². The quantitative estimate of drug-likeness (QED) is 0.673. The van der Waals surface area contributed by atoms with Gasteiger partial charge in [-0.2, -0.15) is 0 Å². The van der Waals surface area contributed by atoms with Crippen LogP contribution in [0.4, 0.5) is 0 Å². The van der Waals surface area contributed by atoms with Crippen LogP contribution in [0.15, 0.2) is 53.3 Å². The fraction of sp³-hybridized carbons (Fsp3) is 0.391. The summed E-state index contributed by atoms with van der Waals surface area (Å²) in [6, 6.07) is 15.0. The summed E-state index contributed by atoms with van der Waals surface area (Å²) in [6.45, 7) is 3.66. The highest BCUT2D eigenvalue weighted by Crippen LogP contribution is 2.38. The van der Waals surface area contributed by atoms with E-state index in [1.165, 1.54) is 0 Å². The lowest BCUT2D eigenvalue weighted by Crippen LogP contribution is -2.61. The van der Waals surface area contributed by atoms with E-state index in [0.29, 0.717) is 31.2 Å². The molecule has 30 heavy (non-hydrogen) atoms. The zero-order valence-corrected chi connectivity index (χ0v) is 16.9. The van der Waals surface area contributed by atoms with Gasteiger partial charge in [0.25, 0.3) is 0 Å². The number of benzene rings is 2. The Kier molecular flexibility index (Phi) is 4.62. The fourth-order valence-corrected chi connectivity index (χ4v) is 4.78. The van der Waals surface area contributed by atoms with Gasteiger partial charge in [-0.05, 0) is 44.0 Å². The van der Waals surface area contributed by atoms with Crippen molar-refractivity contribution in [2.24, 2.45) is 0 Å². The first kappa shape index (κ1) is 18.9. The number of aromatic amines is 1. The summed E-state index contributed by atoms with van der Waals surface area (Å²) in [4.78, 5) is 29.7. The predicted octanol–water partition coefficient (Wildman–Crippen LogP) is 2.76. The van der Waals surface area contributed by atoms with Crippen molar-refractivity contribution >= 4 is 17.3 Å². The SMILES string of the molecule is CC1(C(C=O)N2CCC(n3c(=O)[nH]c4ccccc43)CC2)COc2ccccc2O1. The summed E-state index contributed by atoms with van der Waals surface area (Å²) in [7, 11) is 0. The van der Waals surface area contributed by atoms with Crippen molar-refractivity contribution in [1.82, 2.24) is 14.5 Å². The number of nitrogens with zero attached hydrogens (tertiary/aromatic N) is 2. The lowest BCUT2D eigenvalue weighted by Gasteiger charge is -2.45. The standard InChI is InChI=1S/C23H25N3O4/c1-23(15-29-19-8-4-5-9-20(19)30-23)21(14-27)25-12-10-16(11-13-25)26-18-7-3-2-6-17(18)24-22(26)28/h2-9,14,16,21H,10-13,15H2,1H3,(H,24,28). The van der Waals surface area contributed by atoms with Gasteiger partial charge in [0.05, 0.1) is 11.0 Å². The Morgan fingerprint density at radius 3 is 2.57 bits per heavy atom. The molecule has 1 N–H and O–H groups in total. The summed E-state index contributed by atoms with van der Waals surface area (Å²) in [5, 5.41) is 0. The van der Waals surface area contributed by atoms with E-state index in [-0.39, 0.29) is 11.7 Å². The second-order valence-electron chi connectivity index (χ2n) is 8.32. The molecule has 0 bridgehead atoms. The minimum Gasteiger partial charge on any atom is -0.485 e. The second kappa shape index (κ2) is 7.32. The molecule has 3 aromatic rings. The summed E-state index contributed by atoms with van der Waals surface area (Å²) in [5.74, 6) is 1.37. The van der Waals surface area contributed by atoms with E-state index in [1.807, 2.05) is 60.0 Å². The number of likely N-dealkylation sites (tertiary alicyclic amines) is 1. The predicted molar refractivity (Wildman–Crippen MR) is 113 cm³/mol. The molecule has 2 aromatic carbocycles. The molecule has 0 amide bonds. The van der Waals surface area contributed by atoms with Gasteiger partial charge in [0, 0.05) is 19.1 Å². The molecule has 5 rings (SSSR count). The Balaban J connectivity index is 1.34. The minimum absolute atomic E-state index is 0.0748. The Morgan fingerprint density at radius 2 is 1.80 bits per heavy atom. The number of carbonyl (C=O) groups excluding carboxylic acids is 1. The normalized spacial score (nSPS) is 23.4. The number of para-hydroxylation sites is 4. The Hall–Kier alpha value is -3.06. The van der Waals surface area contributed by atoms with E-state index in [1.54, 1.807) is 0 Å². The van der Waals surface area contributed by atoms with Crippen LogP contribution in [-0.2, 0) is 4.79 Å². The van der Waals surface area contributed by atoms with E-state index in [2.05, 4.69) is 9.88 Å². The van der Waals surface area contributed by atoms with E-state index in [9.17, 15) is 9.59 Å². The first-order valence-corrected chi connectivity index (χ1v) is 10.4. The highest BCUT2D eigenvalue weighted by molar-refractivity contribution is 5.75. The van der Waals surface area contributed by atoms with Crippen molar-refractivity contribution in [3.05, 3.63) is 59.0 Å². The Morgan fingerprint density at radius 1 is 1.10 bits per heavy atom. The number of hydrogen-bond donors (Lipinski definition) is 1. The second-order valence-corrected chi connectivity index (χ2v) is 8.32. The topological polar surface area (TPSA) is 76.6 Å². The van der Waals surface area contributed by atoms with Crippen molar-refractivity contribution in [1.29, 1.82) is 0 Å². The zero-order chi connectivity index (χ0) is 20.7. The Bertz CT molecular complexity index is 1130. The lowest BCUT2D eigenvalue weighted by molar-refractivity contribution is -0.126. The molecule has 7 heteroatoms. The number of ether oxygens (including phenoxy) is 2. The number of fused-ring (bicyclic) bond motifs is 2. The van der Waals surface area contributed by atoms with Gasteiger partial charge in [-0.3, -0.25) is 9.47 Å². The summed E-state index contributed by atoms with van der Waals surface area (Å²) in [5.41, 5.74) is 0.949. The van der Waals surface area contributed by atoms with Crippen LogP contribution in [0.2, 0.25) is 0 Å². The third kappa shape index (κ3) is 3.10. The van der Waals surface area contributed by atoms with Gasteiger partial charge < -0.3 is 19.3 Å². The number of H-pyrrole nitrogens is 1. The molecule has 2 aliphatic heterocycles. The Labute approximate surface area is 174 Å². The van der Waals surface area contributed by atoms with Gasteiger partial charge in [-0.25, -0.2) is 4.79 Å². The van der Waals surface area contributed by atoms with Crippen molar-refractivity contribution in [2.45, 2.75) is 37.5 Å². The maximum atomic E-state index is 12.5. The maximum absolute atomic E-state index is 12.5. The van der Waals surface area contributed by atoms with Crippen LogP contribution in [0.25, 0.3) is 11.0 Å². The molecule has 1 fully saturated rings. The number of rotatable bonds is 4. The number of aldehydes is 1. The number of imidazole rings is 1. The van der Waals surface area contributed by atoms with Gasteiger partial charge in [-0.15, -0.1) is 0 Å². The average molecular weight is 407 g/mol. The van der Waals surface area contributed by atoms with E-state index in [4.69, 9.17) is 9.47 Å². The number of aromatic nitrogens is 2. The van der Waals surface area contributed by atoms with Crippen molar-refractivity contribution in [2.75, 3.05) is 19.7 Å². The number of hydrogen-bond acceptors (Lipinski definition) is 5. The largest absolute Gasteiger partial charge is 0.485 e. The average Bonchev–Trinajstić information content (AvgIpc) is 3.10. The molecule has 156 valence electrons. The van der Waals surface area contributed by atoms with Crippen LogP contribution in [0.5, 0.6) is 11.5 Å². The molecule has 0 spiro atoms. The molecule has 0 radical (unpaired) electrons. The molecular weight excluding hydrogens is 382 g/mol. The zero-order valence-electron chi connectivity index (χ0n) is 16.9. The summed E-state index contributed by atoms with van der Waals surface area (Å²) < 4.78 is 14.0. The molecule has 7 nitrogen and oxygen atoms in total. The van der Waals surface area contributed by atoms with E-state index >= 15 is 0 Å². The van der Waals surface area contributed by atoms with Gasteiger partial charge in [0.2, 0.25) is 0 Å². The molecule has 2 aliphatic rings. The van der Waals surface area contributed by atoms with Crippen LogP contribution in [0.1, 0.15) is 25.8 Å². The molecule has 2 unspecified atom stereocenters. The first-order chi connectivity index (χ1) is 14.6. The monoisotopic (exact) mass is 407 g/mol. The number of piperidine rings is 1. The molecule has 1 saturated heterocycles. The van der Waals surface area contributed by atoms with E-state index < -0.39 is 11.6 Å². The molecule has 0 saturated carbocycles. The summed E-state index contributed by atoms with van der Waals surface area (Å²) >= 11 is 0. The van der Waals surface area contributed by atoms with Gasteiger partial charge in [0.1, 0.15) is 18.9 Å². The highest BCUT2D eigenvalue weighted by atomic mass is 16.6. The van der Waals surface area contributed by atoms with Gasteiger partial charge >= 0.3 is 5.69 Å². The van der Waals surface area contributed by atoms with E-state index in [0.717, 1.165) is 30.2 Å². The molecular formula is C23H25N3O4. The number of carbonyl (C=O) groups is 1. The highest BCUT2D eigenvalue weighted by Gasteiger charge is 2.45. The van der Waals surface area contributed by atoms with Crippen LogP contribution >= 0.6 is 0 Å². The molecule has 1 aromatic heterocycles. The fourth-order valence-electron chi connectivity index (χ4n) is 4.78. The van der Waals surface area contributed by atoms with Crippen LogP contribution in [-0.4, -0.2) is 52.1 Å². The van der Waals surface area contributed by atoms with Crippen LogP contribution in [0, 0.1) is 0 Å². The number of nitrogens with one attached hydrogen (secondary N) is 1. The third-order valence-electron chi connectivity index (χ3n) is 6.34. The smallest absolute Gasteiger partial charge is 0.326 e.